The van der Waals surface area contributed by atoms with Crippen molar-refractivity contribution in [2.75, 3.05) is 25.4 Å². The fraction of sp³-hybridized carbons (Fsp3) is 0.938. The molecule has 23 heavy (non-hydrogen) atoms. The molecule has 2 aliphatic rings. The number of rotatable bonds is 4. The van der Waals surface area contributed by atoms with E-state index in [1.165, 1.54) is 0 Å². The van der Waals surface area contributed by atoms with Crippen molar-refractivity contribution in [1.82, 2.24) is 10.2 Å². The van der Waals surface area contributed by atoms with Crippen molar-refractivity contribution in [2.45, 2.75) is 69.8 Å². The summed E-state index contributed by atoms with van der Waals surface area (Å²) in [5, 5.41) is 3.01. The van der Waals surface area contributed by atoms with Crippen LogP contribution in [0.1, 0.15) is 52.9 Å². The molecule has 2 atom stereocenters. The van der Waals surface area contributed by atoms with E-state index >= 15 is 0 Å². The van der Waals surface area contributed by atoms with Gasteiger partial charge in [0.05, 0.1) is 11.0 Å². The van der Waals surface area contributed by atoms with Crippen molar-refractivity contribution in [3.8, 4) is 0 Å². The molecule has 0 aliphatic carbocycles. The molecular weight excluding hydrogens is 316 g/mol. The second kappa shape index (κ2) is 7.38. The largest absolute Gasteiger partial charge is 0.444 e. The SMILES string of the molecule is CC(C)(C)OC(=O)N1CCCCC1CNCC1CCCS1(=O)=O. The van der Waals surface area contributed by atoms with Gasteiger partial charge in [0.15, 0.2) is 9.84 Å². The van der Waals surface area contributed by atoms with Crippen LogP contribution < -0.4 is 5.32 Å². The van der Waals surface area contributed by atoms with Crippen LogP contribution in [0.2, 0.25) is 0 Å². The summed E-state index contributed by atoms with van der Waals surface area (Å²) in [4.78, 5) is 14.1. The molecule has 2 rings (SSSR count). The Bertz CT molecular complexity index is 513. The summed E-state index contributed by atoms with van der Waals surface area (Å²) in [7, 11) is -2.91. The third-order valence-corrected chi connectivity index (χ3v) is 6.75. The van der Waals surface area contributed by atoms with Crippen LogP contribution in [-0.2, 0) is 14.6 Å². The molecule has 0 aromatic rings. The molecule has 2 unspecified atom stereocenters. The number of likely N-dealkylation sites (tertiary alicyclic amines) is 1. The Morgan fingerprint density at radius 3 is 2.52 bits per heavy atom. The molecule has 0 spiro atoms. The van der Waals surface area contributed by atoms with Gasteiger partial charge >= 0.3 is 6.09 Å². The first-order chi connectivity index (χ1) is 10.7. The predicted molar refractivity (Wildman–Crippen MR) is 90.3 cm³/mol. The Labute approximate surface area is 139 Å². The molecule has 0 aromatic carbocycles. The molecule has 0 bridgehead atoms. The van der Waals surface area contributed by atoms with Gasteiger partial charge in [-0.2, -0.15) is 0 Å². The van der Waals surface area contributed by atoms with Gasteiger partial charge in [-0.1, -0.05) is 0 Å². The Hall–Kier alpha value is -0.820. The van der Waals surface area contributed by atoms with E-state index in [4.69, 9.17) is 4.74 Å². The maximum atomic E-state index is 12.3. The maximum absolute atomic E-state index is 12.3. The van der Waals surface area contributed by atoms with Crippen molar-refractivity contribution >= 4 is 15.9 Å². The predicted octanol–water partition coefficient (Wildman–Crippen LogP) is 1.94. The normalized spacial score (nSPS) is 27.9. The zero-order chi connectivity index (χ0) is 17.1. The average molecular weight is 346 g/mol. The van der Waals surface area contributed by atoms with E-state index in [1.807, 2.05) is 20.8 Å². The number of carbonyl (C=O) groups excluding carboxylic acids is 1. The first kappa shape index (κ1) is 18.5. The number of sulfone groups is 1. The fourth-order valence-corrected chi connectivity index (χ4v) is 5.07. The maximum Gasteiger partial charge on any atom is 0.410 e. The number of nitrogens with one attached hydrogen (secondary N) is 1. The van der Waals surface area contributed by atoms with E-state index in [2.05, 4.69) is 5.32 Å². The quantitative estimate of drug-likeness (QED) is 0.842. The molecule has 134 valence electrons. The number of ether oxygens (including phenoxy) is 1. The van der Waals surface area contributed by atoms with E-state index in [9.17, 15) is 13.2 Å². The second-order valence-electron chi connectivity index (χ2n) is 7.61. The minimum absolute atomic E-state index is 0.0858. The van der Waals surface area contributed by atoms with Gasteiger partial charge in [-0.25, -0.2) is 13.2 Å². The van der Waals surface area contributed by atoms with Crippen molar-refractivity contribution < 1.29 is 17.9 Å². The van der Waals surface area contributed by atoms with Crippen molar-refractivity contribution in [2.24, 2.45) is 0 Å². The highest BCUT2D eigenvalue weighted by molar-refractivity contribution is 7.92. The Kier molecular flexibility index (Phi) is 5.94. The van der Waals surface area contributed by atoms with Crippen LogP contribution in [-0.4, -0.2) is 61.7 Å². The lowest BCUT2D eigenvalue weighted by Gasteiger charge is -2.37. The van der Waals surface area contributed by atoms with Gasteiger partial charge in [0.25, 0.3) is 0 Å². The molecule has 1 amide bonds. The molecule has 2 saturated heterocycles. The van der Waals surface area contributed by atoms with Gasteiger partial charge in [0.2, 0.25) is 0 Å². The number of piperidine rings is 1. The van der Waals surface area contributed by atoms with Crippen LogP contribution >= 0.6 is 0 Å². The lowest BCUT2D eigenvalue weighted by Crippen LogP contribution is -2.50. The average Bonchev–Trinajstić information content (AvgIpc) is 2.76. The van der Waals surface area contributed by atoms with Crippen LogP contribution in [0.5, 0.6) is 0 Å². The highest BCUT2D eigenvalue weighted by Gasteiger charge is 2.33. The summed E-state index contributed by atoms with van der Waals surface area (Å²) in [5.74, 6) is 0.312. The molecule has 2 fully saturated rings. The van der Waals surface area contributed by atoms with Crippen LogP contribution in [0.25, 0.3) is 0 Å². The molecular formula is C16H30N2O4S. The van der Waals surface area contributed by atoms with Gasteiger partial charge in [-0.15, -0.1) is 0 Å². The third-order valence-electron chi connectivity index (χ3n) is 4.47. The molecule has 7 heteroatoms. The first-order valence-corrected chi connectivity index (χ1v) is 10.3. The molecule has 6 nitrogen and oxygen atoms in total. The highest BCUT2D eigenvalue weighted by Crippen LogP contribution is 2.21. The lowest BCUT2D eigenvalue weighted by molar-refractivity contribution is 0.00998. The molecule has 2 heterocycles. The van der Waals surface area contributed by atoms with E-state index in [-0.39, 0.29) is 17.4 Å². The van der Waals surface area contributed by atoms with Crippen LogP contribution in [0.4, 0.5) is 4.79 Å². The van der Waals surface area contributed by atoms with E-state index in [1.54, 1.807) is 4.90 Å². The van der Waals surface area contributed by atoms with Crippen LogP contribution in [0.15, 0.2) is 0 Å². The monoisotopic (exact) mass is 346 g/mol. The van der Waals surface area contributed by atoms with Crippen molar-refractivity contribution in [1.29, 1.82) is 0 Å². The number of carbonyl (C=O) groups is 1. The van der Waals surface area contributed by atoms with Gasteiger partial charge in [-0.05, 0) is 52.9 Å². The van der Waals surface area contributed by atoms with Gasteiger partial charge in [-0.3, -0.25) is 0 Å². The van der Waals surface area contributed by atoms with E-state index in [0.29, 0.717) is 25.4 Å². The van der Waals surface area contributed by atoms with Gasteiger partial charge in [0, 0.05) is 25.7 Å². The molecule has 2 aliphatic heterocycles. The fourth-order valence-electron chi connectivity index (χ4n) is 3.27. The molecule has 1 N–H and O–H groups in total. The minimum Gasteiger partial charge on any atom is -0.444 e. The second-order valence-corrected chi connectivity index (χ2v) is 10.0. The molecule has 0 radical (unpaired) electrons. The summed E-state index contributed by atoms with van der Waals surface area (Å²) in [5.41, 5.74) is -0.496. The summed E-state index contributed by atoms with van der Waals surface area (Å²) >= 11 is 0. The van der Waals surface area contributed by atoms with Crippen molar-refractivity contribution in [3.63, 3.8) is 0 Å². The standard InChI is InChI=1S/C16H30N2O4S/c1-16(2,3)22-15(19)18-9-5-4-7-13(18)11-17-12-14-8-6-10-23(14,20)21/h13-14,17H,4-12H2,1-3H3. The van der Waals surface area contributed by atoms with Crippen LogP contribution in [0, 0.1) is 0 Å². The zero-order valence-corrected chi connectivity index (χ0v) is 15.3. The van der Waals surface area contributed by atoms with E-state index < -0.39 is 15.4 Å². The highest BCUT2D eigenvalue weighted by atomic mass is 32.2. The number of nitrogens with zero attached hydrogens (tertiary/aromatic N) is 1. The number of amides is 1. The van der Waals surface area contributed by atoms with Gasteiger partial charge < -0.3 is 15.0 Å². The summed E-state index contributed by atoms with van der Waals surface area (Å²) < 4.78 is 29.2. The van der Waals surface area contributed by atoms with E-state index in [0.717, 1.165) is 32.1 Å². The lowest BCUT2D eigenvalue weighted by atomic mass is 10.0. The summed E-state index contributed by atoms with van der Waals surface area (Å²) in [6.07, 6.45) is 4.26. The molecule has 0 saturated carbocycles. The number of hydrogen-bond acceptors (Lipinski definition) is 5. The summed E-state index contributed by atoms with van der Waals surface area (Å²) in [6.45, 7) is 7.43. The van der Waals surface area contributed by atoms with Crippen LogP contribution in [0.3, 0.4) is 0 Å². The smallest absolute Gasteiger partial charge is 0.410 e. The first-order valence-electron chi connectivity index (χ1n) is 8.61. The molecule has 0 aromatic heterocycles. The Morgan fingerprint density at radius 2 is 1.91 bits per heavy atom. The van der Waals surface area contributed by atoms with Gasteiger partial charge in [0.1, 0.15) is 5.60 Å². The Morgan fingerprint density at radius 1 is 1.17 bits per heavy atom. The Balaban J connectivity index is 1.85. The van der Waals surface area contributed by atoms with Crippen molar-refractivity contribution in [3.05, 3.63) is 0 Å². The topological polar surface area (TPSA) is 75.7 Å². The number of hydrogen-bond donors (Lipinski definition) is 1. The summed E-state index contributed by atoms with van der Waals surface area (Å²) in [6, 6.07) is 0.0858. The zero-order valence-electron chi connectivity index (χ0n) is 14.5. The minimum atomic E-state index is -2.91. The third kappa shape index (κ3) is 5.35.